The van der Waals surface area contributed by atoms with Gasteiger partial charge in [0.15, 0.2) is 5.82 Å². The molecule has 6 heteroatoms. The molecule has 0 unspecified atom stereocenters. The Morgan fingerprint density at radius 3 is 2.82 bits per heavy atom. The molecule has 1 aliphatic heterocycles. The molecule has 1 amide bonds. The third-order valence-electron chi connectivity index (χ3n) is 3.02. The fourth-order valence-corrected chi connectivity index (χ4v) is 2.04. The van der Waals surface area contributed by atoms with Gasteiger partial charge in [-0.25, -0.2) is 0 Å². The molecule has 1 aliphatic rings. The van der Waals surface area contributed by atoms with Gasteiger partial charge in [0.2, 0.25) is 5.91 Å². The van der Waals surface area contributed by atoms with Crippen LogP contribution in [-0.4, -0.2) is 33.3 Å². The van der Waals surface area contributed by atoms with Gasteiger partial charge in [-0.15, -0.1) is 0 Å². The predicted octanol–water partition coefficient (Wildman–Crippen LogP) is 0.649. The van der Waals surface area contributed by atoms with Crippen molar-refractivity contribution >= 4 is 17.7 Å². The number of nitrogens with zero attached hydrogens (tertiary/aromatic N) is 3. The number of carbonyl (C=O) groups excluding carboxylic acids is 1. The van der Waals surface area contributed by atoms with E-state index in [1.807, 2.05) is 19.9 Å². The number of amides is 1. The molecule has 1 N–H and O–H groups in total. The number of carboxylic acid groups (broad SMARTS) is 1. The summed E-state index contributed by atoms with van der Waals surface area (Å²) >= 11 is 0. The molecule has 0 aromatic carbocycles. The molecule has 0 aliphatic carbocycles. The van der Waals surface area contributed by atoms with Crippen LogP contribution >= 0.6 is 0 Å². The predicted molar refractivity (Wildman–Crippen MR) is 60.7 cm³/mol. The third kappa shape index (κ3) is 2.02. The fraction of sp³-hybridized carbons (Fsp3) is 0.545. The minimum absolute atomic E-state index is 0.0629. The molecule has 0 saturated carbocycles. The fourth-order valence-electron chi connectivity index (χ4n) is 2.04. The molecular weight excluding hydrogens is 222 g/mol. The highest BCUT2D eigenvalue weighted by Crippen LogP contribution is 2.24. The summed E-state index contributed by atoms with van der Waals surface area (Å²) in [6.07, 6.45) is 0.0629. The lowest BCUT2D eigenvalue weighted by molar-refractivity contribution is -0.141. The van der Waals surface area contributed by atoms with E-state index in [1.165, 1.54) is 4.90 Å². The first-order valence-corrected chi connectivity index (χ1v) is 5.60. The maximum absolute atomic E-state index is 11.7. The summed E-state index contributed by atoms with van der Waals surface area (Å²) in [6.45, 7) is 4.83. The van der Waals surface area contributed by atoms with E-state index < -0.39 is 11.9 Å². The van der Waals surface area contributed by atoms with Crippen molar-refractivity contribution in [3.63, 3.8) is 0 Å². The Labute approximate surface area is 98.8 Å². The Hall–Kier alpha value is -1.85. The summed E-state index contributed by atoms with van der Waals surface area (Å²) < 4.78 is 1.79. The van der Waals surface area contributed by atoms with Crippen molar-refractivity contribution in [2.75, 3.05) is 11.4 Å². The number of anilines is 1. The first-order chi connectivity index (χ1) is 8.02. The topological polar surface area (TPSA) is 75.4 Å². The maximum atomic E-state index is 11.7. The van der Waals surface area contributed by atoms with Crippen molar-refractivity contribution in [3.8, 4) is 0 Å². The molecule has 1 aromatic heterocycles. The Bertz CT molecular complexity index is 467. The lowest BCUT2D eigenvalue weighted by Gasteiger charge is -2.11. The Morgan fingerprint density at radius 2 is 2.35 bits per heavy atom. The first kappa shape index (κ1) is 11.6. The lowest BCUT2D eigenvalue weighted by atomic mass is 10.1. The Balaban J connectivity index is 2.22. The highest BCUT2D eigenvalue weighted by molar-refractivity contribution is 5.98. The standard InChI is InChI=1S/C11H15N3O3/c1-3-14-7(2)4-9(12-14)13-6-8(11(16)17)5-10(13)15/h4,8H,3,5-6H2,1-2H3,(H,16,17)/t8-/m1/s1. The van der Waals surface area contributed by atoms with Gasteiger partial charge in [-0.1, -0.05) is 0 Å². The van der Waals surface area contributed by atoms with Crippen molar-refractivity contribution in [2.45, 2.75) is 26.8 Å². The van der Waals surface area contributed by atoms with Crippen LogP contribution in [0.5, 0.6) is 0 Å². The van der Waals surface area contributed by atoms with Crippen LogP contribution in [0.2, 0.25) is 0 Å². The highest BCUT2D eigenvalue weighted by Gasteiger charge is 2.36. The monoisotopic (exact) mass is 237 g/mol. The number of hydrogen-bond acceptors (Lipinski definition) is 3. The van der Waals surface area contributed by atoms with Gasteiger partial charge in [0, 0.05) is 31.3 Å². The molecule has 1 fully saturated rings. The van der Waals surface area contributed by atoms with Crippen LogP contribution < -0.4 is 4.90 Å². The number of aryl methyl sites for hydroxylation is 2. The van der Waals surface area contributed by atoms with Gasteiger partial charge in [0.05, 0.1) is 5.92 Å². The molecule has 1 saturated heterocycles. The molecule has 1 atom stereocenters. The van der Waals surface area contributed by atoms with Gasteiger partial charge in [0.1, 0.15) is 0 Å². The van der Waals surface area contributed by atoms with Crippen molar-refractivity contribution in [1.82, 2.24) is 9.78 Å². The van der Waals surface area contributed by atoms with Crippen molar-refractivity contribution in [1.29, 1.82) is 0 Å². The summed E-state index contributed by atoms with van der Waals surface area (Å²) in [5.41, 5.74) is 0.967. The zero-order chi connectivity index (χ0) is 12.6. The van der Waals surface area contributed by atoms with Crippen molar-refractivity contribution in [3.05, 3.63) is 11.8 Å². The second-order valence-corrected chi connectivity index (χ2v) is 4.20. The quantitative estimate of drug-likeness (QED) is 0.837. The zero-order valence-corrected chi connectivity index (χ0v) is 9.88. The van der Waals surface area contributed by atoms with E-state index in [9.17, 15) is 9.59 Å². The second kappa shape index (κ2) is 4.20. The minimum atomic E-state index is -0.924. The number of aromatic nitrogens is 2. The SMILES string of the molecule is CCn1nc(N2C[C@H](C(=O)O)CC2=O)cc1C. The van der Waals surface area contributed by atoms with Gasteiger partial charge in [-0.2, -0.15) is 5.10 Å². The Morgan fingerprint density at radius 1 is 1.65 bits per heavy atom. The van der Waals surface area contributed by atoms with E-state index in [0.717, 1.165) is 12.2 Å². The van der Waals surface area contributed by atoms with Crippen LogP contribution in [0, 0.1) is 12.8 Å². The van der Waals surface area contributed by atoms with Crippen molar-refractivity contribution < 1.29 is 14.7 Å². The van der Waals surface area contributed by atoms with Gasteiger partial charge >= 0.3 is 5.97 Å². The van der Waals surface area contributed by atoms with E-state index in [0.29, 0.717) is 5.82 Å². The number of carboxylic acids is 1. The molecule has 92 valence electrons. The number of aliphatic carboxylic acids is 1. The summed E-state index contributed by atoms with van der Waals surface area (Å²) in [5.74, 6) is -1.15. The largest absolute Gasteiger partial charge is 0.481 e. The molecule has 2 rings (SSSR count). The smallest absolute Gasteiger partial charge is 0.308 e. The zero-order valence-electron chi connectivity index (χ0n) is 9.88. The van der Waals surface area contributed by atoms with Crippen LogP contribution in [0.15, 0.2) is 6.07 Å². The molecular formula is C11H15N3O3. The average molecular weight is 237 g/mol. The van der Waals surface area contributed by atoms with E-state index in [1.54, 1.807) is 4.68 Å². The third-order valence-corrected chi connectivity index (χ3v) is 3.02. The molecule has 0 radical (unpaired) electrons. The minimum Gasteiger partial charge on any atom is -0.481 e. The summed E-state index contributed by atoms with van der Waals surface area (Å²) in [6, 6.07) is 1.81. The van der Waals surface area contributed by atoms with Gasteiger partial charge in [0.25, 0.3) is 0 Å². The number of rotatable bonds is 3. The second-order valence-electron chi connectivity index (χ2n) is 4.20. The normalized spacial score (nSPS) is 20.0. The van der Waals surface area contributed by atoms with Gasteiger partial charge in [-0.3, -0.25) is 19.2 Å². The molecule has 1 aromatic rings. The van der Waals surface area contributed by atoms with Crippen LogP contribution in [0.25, 0.3) is 0 Å². The van der Waals surface area contributed by atoms with Crippen LogP contribution in [-0.2, 0) is 16.1 Å². The number of carbonyl (C=O) groups is 2. The van der Waals surface area contributed by atoms with E-state index in [4.69, 9.17) is 5.11 Å². The van der Waals surface area contributed by atoms with E-state index in [-0.39, 0.29) is 18.9 Å². The van der Waals surface area contributed by atoms with Crippen LogP contribution in [0.4, 0.5) is 5.82 Å². The van der Waals surface area contributed by atoms with Gasteiger partial charge in [-0.05, 0) is 13.8 Å². The molecule has 17 heavy (non-hydrogen) atoms. The first-order valence-electron chi connectivity index (χ1n) is 5.60. The molecule has 0 spiro atoms. The van der Waals surface area contributed by atoms with E-state index in [2.05, 4.69) is 5.10 Å². The highest BCUT2D eigenvalue weighted by atomic mass is 16.4. The Kier molecular flexibility index (Phi) is 2.87. The number of hydrogen-bond donors (Lipinski definition) is 1. The summed E-state index contributed by atoms with van der Waals surface area (Å²) in [5, 5.41) is 13.2. The molecule has 6 nitrogen and oxygen atoms in total. The van der Waals surface area contributed by atoms with Crippen molar-refractivity contribution in [2.24, 2.45) is 5.92 Å². The molecule has 2 heterocycles. The summed E-state index contributed by atoms with van der Waals surface area (Å²) in [7, 11) is 0. The average Bonchev–Trinajstić information content (AvgIpc) is 2.81. The lowest BCUT2D eigenvalue weighted by Crippen LogP contribution is -2.26. The maximum Gasteiger partial charge on any atom is 0.308 e. The van der Waals surface area contributed by atoms with Crippen LogP contribution in [0.1, 0.15) is 19.0 Å². The van der Waals surface area contributed by atoms with E-state index >= 15 is 0 Å². The van der Waals surface area contributed by atoms with Crippen LogP contribution in [0.3, 0.4) is 0 Å². The summed E-state index contributed by atoms with van der Waals surface area (Å²) in [4.78, 5) is 24.0. The molecule has 0 bridgehead atoms. The van der Waals surface area contributed by atoms with Gasteiger partial charge < -0.3 is 5.11 Å².